The standard InChI is InChI=1S/C13H13BrN2OS/c1-2-10-11(15-13(18)16-12(10)17)7-8-3-5-9(14)6-4-8/h3-6H,2,7H2,1H3,(H2,15,16,17,18). The number of halogens is 1. The molecule has 0 atom stereocenters. The Labute approximate surface area is 118 Å². The fourth-order valence-electron chi connectivity index (χ4n) is 1.89. The molecule has 18 heavy (non-hydrogen) atoms. The van der Waals surface area contributed by atoms with Gasteiger partial charge in [0.2, 0.25) is 0 Å². The highest BCUT2D eigenvalue weighted by atomic mass is 79.9. The van der Waals surface area contributed by atoms with Gasteiger partial charge in [-0.1, -0.05) is 35.0 Å². The van der Waals surface area contributed by atoms with Crippen LogP contribution in [0, 0.1) is 4.77 Å². The number of rotatable bonds is 3. The highest BCUT2D eigenvalue weighted by Gasteiger charge is 2.07. The molecule has 0 bridgehead atoms. The van der Waals surface area contributed by atoms with E-state index in [4.69, 9.17) is 12.2 Å². The molecule has 94 valence electrons. The maximum absolute atomic E-state index is 11.8. The first-order valence-electron chi connectivity index (χ1n) is 5.69. The molecule has 0 saturated carbocycles. The Morgan fingerprint density at radius 3 is 2.50 bits per heavy atom. The normalized spacial score (nSPS) is 10.6. The number of aromatic amines is 2. The molecule has 5 heteroatoms. The van der Waals surface area contributed by atoms with Crippen LogP contribution in [0.2, 0.25) is 0 Å². The molecule has 2 rings (SSSR count). The molecule has 0 amide bonds. The first kappa shape index (κ1) is 13.2. The number of hydrogen-bond acceptors (Lipinski definition) is 2. The maximum atomic E-state index is 11.8. The zero-order valence-corrected chi connectivity index (χ0v) is 12.3. The second-order valence-corrected chi connectivity index (χ2v) is 5.35. The summed E-state index contributed by atoms with van der Waals surface area (Å²) in [6, 6.07) is 8.04. The third-order valence-electron chi connectivity index (χ3n) is 2.78. The van der Waals surface area contributed by atoms with Gasteiger partial charge in [-0.3, -0.25) is 9.78 Å². The number of nitrogens with one attached hydrogen (secondary N) is 2. The molecule has 0 radical (unpaired) electrons. The summed E-state index contributed by atoms with van der Waals surface area (Å²) >= 11 is 8.42. The number of H-pyrrole nitrogens is 2. The number of aromatic nitrogens is 2. The van der Waals surface area contributed by atoms with Gasteiger partial charge in [-0.15, -0.1) is 0 Å². The van der Waals surface area contributed by atoms with Crippen LogP contribution in [-0.2, 0) is 12.8 Å². The lowest BCUT2D eigenvalue weighted by atomic mass is 10.0. The van der Waals surface area contributed by atoms with E-state index < -0.39 is 0 Å². The highest BCUT2D eigenvalue weighted by molar-refractivity contribution is 9.10. The third-order valence-corrected chi connectivity index (χ3v) is 3.51. The van der Waals surface area contributed by atoms with Crippen molar-refractivity contribution in [3.05, 3.63) is 60.7 Å². The average Bonchev–Trinajstić information content (AvgIpc) is 2.32. The fourth-order valence-corrected chi connectivity index (χ4v) is 2.37. The Morgan fingerprint density at radius 1 is 1.22 bits per heavy atom. The number of hydrogen-bond donors (Lipinski definition) is 2. The molecule has 2 N–H and O–H groups in total. The zero-order valence-electron chi connectivity index (χ0n) is 9.92. The molecule has 0 aliphatic rings. The summed E-state index contributed by atoms with van der Waals surface area (Å²) in [4.78, 5) is 17.5. The summed E-state index contributed by atoms with van der Waals surface area (Å²) in [5.74, 6) is 0. The second-order valence-electron chi connectivity index (χ2n) is 4.02. The van der Waals surface area contributed by atoms with Crippen LogP contribution < -0.4 is 5.56 Å². The maximum Gasteiger partial charge on any atom is 0.255 e. The van der Waals surface area contributed by atoms with Gasteiger partial charge >= 0.3 is 0 Å². The topological polar surface area (TPSA) is 48.6 Å². The zero-order chi connectivity index (χ0) is 13.1. The molecular formula is C13H13BrN2OS. The van der Waals surface area contributed by atoms with E-state index >= 15 is 0 Å². The van der Waals surface area contributed by atoms with Crippen molar-refractivity contribution in [2.24, 2.45) is 0 Å². The lowest BCUT2D eigenvalue weighted by molar-refractivity contribution is 0.911. The van der Waals surface area contributed by atoms with Gasteiger partial charge in [-0.25, -0.2) is 0 Å². The summed E-state index contributed by atoms with van der Waals surface area (Å²) in [6.45, 7) is 1.96. The summed E-state index contributed by atoms with van der Waals surface area (Å²) in [7, 11) is 0. The molecule has 1 heterocycles. The molecule has 0 aliphatic carbocycles. The SMILES string of the molecule is CCc1c(Cc2ccc(Br)cc2)[nH]c(=S)[nH]c1=O. The molecule has 0 spiro atoms. The first-order chi connectivity index (χ1) is 8.60. The van der Waals surface area contributed by atoms with Crippen molar-refractivity contribution in [1.29, 1.82) is 0 Å². The fraction of sp³-hybridized carbons (Fsp3) is 0.231. The van der Waals surface area contributed by atoms with Gasteiger partial charge in [0.15, 0.2) is 4.77 Å². The minimum Gasteiger partial charge on any atom is -0.335 e. The summed E-state index contributed by atoms with van der Waals surface area (Å²) in [5, 5.41) is 0. The molecule has 1 aromatic heterocycles. The predicted octanol–water partition coefficient (Wildman–Crippen LogP) is 3.35. The van der Waals surface area contributed by atoms with E-state index in [2.05, 4.69) is 25.9 Å². The monoisotopic (exact) mass is 324 g/mol. The first-order valence-corrected chi connectivity index (χ1v) is 6.89. The van der Waals surface area contributed by atoms with Crippen molar-refractivity contribution in [2.75, 3.05) is 0 Å². The molecule has 1 aromatic carbocycles. The van der Waals surface area contributed by atoms with E-state index in [9.17, 15) is 4.79 Å². The van der Waals surface area contributed by atoms with Crippen LogP contribution in [0.4, 0.5) is 0 Å². The van der Waals surface area contributed by atoms with Crippen LogP contribution in [0.5, 0.6) is 0 Å². The van der Waals surface area contributed by atoms with Crippen molar-refractivity contribution in [1.82, 2.24) is 9.97 Å². The van der Waals surface area contributed by atoms with E-state index in [1.165, 1.54) is 0 Å². The molecule has 2 aromatic rings. The van der Waals surface area contributed by atoms with Crippen LogP contribution in [0.25, 0.3) is 0 Å². The van der Waals surface area contributed by atoms with Gasteiger partial charge in [-0.2, -0.15) is 0 Å². The highest BCUT2D eigenvalue weighted by Crippen LogP contribution is 2.14. The number of benzene rings is 1. The van der Waals surface area contributed by atoms with Crippen LogP contribution in [0.15, 0.2) is 33.5 Å². The van der Waals surface area contributed by atoms with Gasteiger partial charge in [-0.05, 0) is 36.3 Å². The Morgan fingerprint density at radius 2 is 1.89 bits per heavy atom. The minimum absolute atomic E-state index is 0.0895. The summed E-state index contributed by atoms with van der Waals surface area (Å²) < 4.78 is 1.42. The van der Waals surface area contributed by atoms with E-state index in [0.717, 1.165) is 21.3 Å². The minimum atomic E-state index is -0.0895. The van der Waals surface area contributed by atoms with Crippen molar-refractivity contribution < 1.29 is 0 Å². The molecule has 0 fully saturated rings. The Balaban J connectivity index is 2.42. The van der Waals surface area contributed by atoms with Gasteiger partial charge in [0.1, 0.15) is 0 Å². The lowest BCUT2D eigenvalue weighted by Gasteiger charge is -2.07. The molecular weight excluding hydrogens is 312 g/mol. The van der Waals surface area contributed by atoms with Crippen LogP contribution in [0.1, 0.15) is 23.7 Å². The van der Waals surface area contributed by atoms with E-state index in [1.807, 2.05) is 31.2 Å². The average molecular weight is 325 g/mol. The Kier molecular flexibility index (Phi) is 4.14. The van der Waals surface area contributed by atoms with Crippen molar-refractivity contribution in [2.45, 2.75) is 19.8 Å². The van der Waals surface area contributed by atoms with Crippen molar-refractivity contribution in [3.8, 4) is 0 Å². The van der Waals surface area contributed by atoms with E-state index in [-0.39, 0.29) is 5.56 Å². The Hall–Kier alpha value is -1.20. The molecule has 0 aliphatic heterocycles. The van der Waals surface area contributed by atoms with Crippen molar-refractivity contribution >= 4 is 28.1 Å². The largest absolute Gasteiger partial charge is 0.335 e. The van der Waals surface area contributed by atoms with E-state index in [0.29, 0.717) is 17.6 Å². The quantitative estimate of drug-likeness (QED) is 0.850. The molecule has 3 nitrogen and oxygen atoms in total. The third kappa shape index (κ3) is 2.97. The van der Waals surface area contributed by atoms with Crippen molar-refractivity contribution in [3.63, 3.8) is 0 Å². The predicted molar refractivity (Wildman–Crippen MR) is 78.6 cm³/mol. The van der Waals surface area contributed by atoms with Crippen LogP contribution in [0.3, 0.4) is 0 Å². The van der Waals surface area contributed by atoms with Crippen LogP contribution in [-0.4, -0.2) is 9.97 Å². The second kappa shape index (κ2) is 5.63. The smallest absolute Gasteiger partial charge is 0.255 e. The Bertz CT molecular complexity index is 658. The molecule has 0 unspecified atom stereocenters. The van der Waals surface area contributed by atoms with Gasteiger partial charge < -0.3 is 4.98 Å². The molecule has 0 saturated heterocycles. The lowest BCUT2D eigenvalue weighted by Crippen LogP contribution is -2.17. The summed E-state index contributed by atoms with van der Waals surface area (Å²) in [5.41, 5.74) is 2.72. The van der Waals surface area contributed by atoms with E-state index in [1.54, 1.807) is 0 Å². The summed E-state index contributed by atoms with van der Waals surface area (Å²) in [6.07, 6.45) is 1.37. The van der Waals surface area contributed by atoms with Gasteiger partial charge in [0.25, 0.3) is 5.56 Å². The van der Waals surface area contributed by atoms with Gasteiger partial charge in [0.05, 0.1) is 0 Å². The van der Waals surface area contributed by atoms with Gasteiger partial charge in [0, 0.05) is 22.2 Å². The van der Waals surface area contributed by atoms with Crippen LogP contribution >= 0.6 is 28.1 Å².